The van der Waals surface area contributed by atoms with Crippen LogP contribution in [0.25, 0.3) is 22.6 Å². The molecule has 0 radical (unpaired) electrons. The van der Waals surface area contributed by atoms with E-state index in [2.05, 4.69) is 66.5 Å². The zero-order chi connectivity index (χ0) is 31.5. The van der Waals surface area contributed by atoms with Crippen LogP contribution in [0.3, 0.4) is 0 Å². The van der Waals surface area contributed by atoms with Crippen LogP contribution in [0, 0.1) is 0 Å². The first-order valence-corrected chi connectivity index (χ1v) is 16.1. The van der Waals surface area contributed by atoms with Crippen LogP contribution >= 0.6 is 11.6 Å². The molecule has 2 aliphatic rings. The van der Waals surface area contributed by atoms with Gasteiger partial charge in [0.25, 0.3) is 5.91 Å². The van der Waals surface area contributed by atoms with E-state index in [-0.39, 0.29) is 5.91 Å². The molecule has 0 unspecified atom stereocenters. The van der Waals surface area contributed by atoms with Crippen molar-refractivity contribution >= 4 is 40.0 Å². The molecule has 3 aromatic heterocycles. The molecular formula is C35H37ClN8O2. The summed E-state index contributed by atoms with van der Waals surface area (Å²) >= 11 is 6.68. The van der Waals surface area contributed by atoms with Gasteiger partial charge in [0.2, 0.25) is 0 Å². The van der Waals surface area contributed by atoms with Crippen LogP contribution < -0.4 is 15.0 Å². The van der Waals surface area contributed by atoms with Gasteiger partial charge < -0.3 is 24.8 Å². The Hall–Kier alpha value is -4.67. The van der Waals surface area contributed by atoms with E-state index in [1.54, 1.807) is 31.8 Å². The molecule has 2 N–H and O–H groups in total. The van der Waals surface area contributed by atoms with Crippen LogP contribution in [-0.4, -0.2) is 88.1 Å². The predicted octanol–water partition coefficient (Wildman–Crippen LogP) is 5.72. The molecule has 5 heterocycles. The maximum absolute atomic E-state index is 12.8. The summed E-state index contributed by atoms with van der Waals surface area (Å²) in [6.07, 6.45) is 7.03. The molecule has 0 aliphatic carbocycles. The van der Waals surface area contributed by atoms with Gasteiger partial charge in [-0.1, -0.05) is 23.7 Å². The highest BCUT2D eigenvalue weighted by atomic mass is 35.5. The zero-order valence-corrected chi connectivity index (χ0v) is 26.6. The fourth-order valence-electron chi connectivity index (χ4n) is 6.30. The molecule has 2 aliphatic heterocycles. The Kier molecular flexibility index (Phi) is 8.72. The SMILES string of the molecule is COc1ccc(CN2CCC(Nc3c(Cl)cnc4[nH]c(-c5ccc(N6CCN(C(=O)c7cccnc7)CC6)cc5)nc34)CC2)cc1. The van der Waals surface area contributed by atoms with Crippen molar-refractivity contribution < 1.29 is 9.53 Å². The Bertz CT molecular complexity index is 1780. The summed E-state index contributed by atoms with van der Waals surface area (Å²) in [4.78, 5) is 36.4. The number of carbonyl (C=O) groups is 1. The van der Waals surface area contributed by atoms with Gasteiger partial charge >= 0.3 is 0 Å². The maximum atomic E-state index is 12.8. The van der Waals surface area contributed by atoms with Gasteiger partial charge in [0, 0.05) is 75.5 Å². The van der Waals surface area contributed by atoms with Gasteiger partial charge in [-0.15, -0.1) is 0 Å². The Morgan fingerprint density at radius 1 is 0.978 bits per heavy atom. The molecule has 2 fully saturated rings. The highest BCUT2D eigenvalue weighted by Crippen LogP contribution is 2.33. The van der Waals surface area contributed by atoms with Crippen LogP contribution in [0.5, 0.6) is 5.75 Å². The third-order valence-corrected chi connectivity index (χ3v) is 9.24. The van der Waals surface area contributed by atoms with Gasteiger partial charge in [-0.3, -0.25) is 14.7 Å². The molecule has 0 bridgehead atoms. The second-order valence-electron chi connectivity index (χ2n) is 11.9. The first kappa shape index (κ1) is 30.0. The predicted molar refractivity (Wildman–Crippen MR) is 182 cm³/mol. The number of ether oxygens (including phenoxy) is 1. The standard InChI is InChI=1S/C35H37ClN8O2/c1-46-29-10-4-24(5-11-29)23-42-15-12-27(13-16-42)39-31-30(36)22-38-34-32(31)40-33(41-34)25-6-8-28(9-7-25)43-17-19-44(20-18-43)35(45)26-3-2-14-37-21-26/h2-11,14,21-22,27H,12-13,15-20,23H2,1H3,(H2,38,39,40,41). The van der Waals surface area contributed by atoms with Crippen molar-refractivity contribution in [3.63, 3.8) is 0 Å². The molecule has 2 aromatic carbocycles. The number of nitrogens with zero attached hydrogens (tertiary/aromatic N) is 6. The van der Waals surface area contributed by atoms with Crippen LogP contribution in [0.4, 0.5) is 11.4 Å². The van der Waals surface area contributed by atoms with E-state index < -0.39 is 0 Å². The van der Waals surface area contributed by atoms with E-state index >= 15 is 0 Å². The quantitative estimate of drug-likeness (QED) is 0.223. The van der Waals surface area contributed by atoms with E-state index in [9.17, 15) is 4.79 Å². The number of pyridine rings is 2. The van der Waals surface area contributed by atoms with Crippen LogP contribution in [-0.2, 0) is 6.54 Å². The molecule has 0 saturated carbocycles. The minimum atomic E-state index is 0.0331. The van der Waals surface area contributed by atoms with Crippen molar-refractivity contribution in [1.29, 1.82) is 0 Å². The van der Waals surface area contributed by atoms with Crippen LogP contribution in [0.1, 0.15) is 28.8 Å². The fourth-order valence-corrected chi connectivity index (χ4v) is 6.50. The number of rotatable bonds is 8. The number of fused-ring (bicyclic) bond motifs is 1. The number of anilines is 2. The van der Waals surface area contributed by atoms with Crippen molar-refractivity contribution in [2.75, 3.05) is 56.6 Å². The summed E-state index contributed by atoms with van der Waals surface area (Å²) in [5.41, 5.74) is 6.30. The number of piperazine rings is 1. The first-order chi connectivity index (χ1) is 22.5. The molecular weight excluding hydrogens is 600 g/mol. The molecule has 46 heavy (non-hydrogen) atoms. The molecule has 11 heteroatoms. The molecule has 0 atom stereocenters. The average Bonchev–Trinajstić information content (AvgIpc) is 3.56. The van der Waals surface area contributed by atoms with E-state index in [4.69, 9.17) is 21.3 Å². The van der Waals surface area contributed by atoms with Gasteiger partial charge in [0.05, 0.1) is 29.6 Å². The second kappa shape index (κ2) is 13.4. The van der Waals surface area contributed by atoms with Crippen LogP contribution in [0.15, 0.2) is 79.3 Å². The Labute approximate surface area is 273 Å². The minimum absolute atomic E-state index is 0.0331. The Balaban J connectivity index is 0.975. The molecule has 1 amide bonds. The topological polar surface area (TPSA) is 103 Å². The number of aromatic nitrogens is 4. The van der Waals surface area contributed by atoms with Gasteiger partial charge in [-0.05, 0) is 66.9 Å². The number of likely N-dealkylation sites (tertiary alicyclic amines) is 1. The zero-order valence-electron chi connectivity index (χ0n) is 25.8. The number of aromatic amines is 1. The summed E-state index contributed by atoms with van der Waals surface area (Å²) in [6.45, 7) is 5.82. The highest BCUT2D eigenvalue weighted by molar-refractivity contribution is 6.34. The number of carbonyl (C=O) groups excluding carboxylic acids is 1. The second-order valence-corrected chi connectivity index (χ2v) is 12.3. The lowest BCUT2D eigenvalue weighted by Gasteiger charge is -2.36. The normalized spacial score (nSPS) is 16.1. The number of nitrogens with one attached hydrogen (secondary N) is 2. The van der Waals surface area contributed by atoms with Gasteiger partial charge in [0.1, 0.15) is 17.1 Å². The molecule has 5 aromatic rings. The van der Waals surface area contributed by atoms with Crippen molar-refractivity contribution in [3.05, 3.63) is 95.4 Å². The van der Waals surface area contributed by atoms with E-state index in [1.165, 1.54) is 5.56 Å². The highest BCUT2D eigenvalue weighted by Gasteiger charge is 2.24. The number of methoxy groups -OCH3 is 1. The lowest BCUT2D eigenvalue weighted by molar-refractivity contribution is 0.0746. The minimum Gasteiger partial charge on any atom is -0.497 e. The summed E-state index contributed by atoms with van der Waals surface area (Å²) < 4.78 is 5.29. The summed E-state index contributed by atoms with van der Waals surface area (Å²) in [7, 11) is 1.69. The van der Waals surface area contributed by atoms with E-state index in [1.807, 2.05) is 23.1 Å². The molecule has 10 nitrogen and oxygen atoms in total. The number of imidazole rings is 1. The number of hydrogen-bond donors (Lipinski definition) is 2. The van der Waals surface area contributed by atoms with Gasteiger partial charge in [-0.2, -0.15) is 0 Å². The Morgan fingerprint density at radius 3 is 2.43 bits per heavy atom. The third kappa shape index (κ3) is 6.49. The molecule has 236 valence electrons. The molecule has 2 saturated heterocycles. The number of H-pyrrole nitrogens is 1. The summed E-state index contributed by atoms with van der Waals surface area (Å²) in [5.74, 6) is 1.67. The van der Waals surface area contributed by atoms with Crippen molar-refractivity contribution in [1.82, 2.24) is 29.7 Å². The van der Waals surface area contributed by atoms with Crippen LogP contribution in [0.2, 0.25) is 5.02 Å². The fraction of sp³-hybridized carbons (Fsp3) is 0.314. The van der Waals surface area contributed by atoms with Crippen molar-refractivity contribution in [3.8, 4) is 17.1 Å². The van der Waals surface area contributed by atoms with Crippen molar-refractivity contribution in [2.24, 2.45) is 0 Å². The molecule has 0 spiro atoms. The lowest BCUT2D eigenvalue weighted by Crippen LogP contribution is -2.48. The largest absolute Gasteiger partial charge is 0.497 e. The summed E-state index contributed by atoms with van der Waals surface area (Å²) in [5, 5.41) is 4.27. The number of halogens is 1. The summed E-state index contributed by atoms with van der Waals surface area (Å²) in [6, 6.07) is 20.6. The van der Waals surface area contributed by atoms with E-state index in [0.29, 0.717) is 35.4 Å². The number of amides is 1. The van der Waals surface area contributed by atoms with Gasteiger partial charge in [-0.25, -0.2) is 9.97 Å². The molecule has 7 rings (SSSR count). The Morgan fingerprint density at radius 2 is 1.74 bits per heavy atom. The monoisotopic (exact) mass is 636 g/mol. The number of benzene rings is 2. The third-order valence-electron chi connectivity index (χ3n) is 8.95. The number of hydrogen-bond acceptors (Lipinski definition) is 8. The first-order valence-electron chi connectivity index (χ1n) is 15.7. The lowest BCUT2D eigenvalue weighted by atomic mass is 10.0. The number of piperidine rings is 1. The van der Waals surface area contributed by atoms with E-state index in [0.717, 1.165) is 79.6 Å². The maximum Gasteiger partial charge on any atom is 0.255 e. The average molecular weight is 637 g/mol. The van der Waals surface area contributed by atoms with Gasteiger partial charge in [0.15, 0.2) is 5.65 Å². The van der Waals surface area contributed by atoms with Crippen molar-refractivity contribution in [2.45, 2.75) is 25.4 Å². The smallest absolute Gasteiger partial charge is 0.255 e.